The molecule has 1 heterocycles. The molecular formula is C14H20ClNO2. The maximum atomic E-state index is 5.96. The van der Waals surface area contributed by atoms with E-state index in [1.807, 2.05) is 18.2 Å². The van der Waals surface area contributed by atoms with Crippen molar-refractivity contribution in [1.82, 2.24) is 0 Å². The molecule has 0 aliphatic carbocycles. The fourth-order valence-corrected chi connectivity index (χ4v) is 2.37. The Balaban J connectivity index is 1.96. The molecule has 1 fully saturated rings. The molecule has 1 unspecified atom stereocenters. The summed E-state index contributed by atoms with van der Waals surface area (Å²) in [6.07, 6.45) is 2.26. The lowest BCUT2D eigenvalue weighted by Crippen LogP contribution is -2.24. The molecule has 1 aromatic rings. The van der Waals surface area contributed by atoms with Crippen molar-refractivity contribution in [2.75, 3.05) is 6.61 Å². The van der Waals surface area contributed by atoms with Crippen molar-refractivity contribution in [3.63, 3.8) is 0 Å². The lowest BCUT2D eigenvalue weighted by atomic mass is 10.1. The van der Waals surface area contributed by atoms with Crippen LogP contribution in [-0.4, -0.2) is 18.3 Å². The van der Waals surface area contributed by atoms with Gasteiger partial charge in [0.2, 0.25) is 0 Å². The van der Waals surface area contributed by atoms with Crippen LogP contribution >= 0.6 is 11.6 Å². The second-order valence-corrected chi connectivity index (χ2v) is 5.74. The summed E-state index contributed by atoms with van der Waals surface area (Å²) in [6, 6.07) is 5.53. The van der Waals surface area contributed by atoms with Gasteiger partial charge in [-0.3, -0.25) is 0 Å². The van der Waals surface area contributed by atoms with Gasteiger partial charge in [0, 0.05) is 17.1 Å². The number of hydrogen-bond acceptors (Lipinski definition) is 3. The third kappa shape index (κ3) is 3.37. The molecule has 2 rings (SSSR count). The van der Waals surface area contributed by atoms with Gasteiger partial charge < -0.3 is 15.2 Å². The molecule has 1 atom stereocenters. The number of ether oxygens (including phenoxy) is 2. The molecule has 3 nitrogen and oxygen atoms in total. The largest absolute Gasteiger partial charge is 0.490 e. The second-order valence-electron chi connectivity index (χ2n) is 5.31. The topological polar surface area (TPSA) is 44.5 Å². The summed E-state index contributed by atoms with van der Waals surface area (Å²) in [6.45, 7) is 5.22. The highest BCUT2D eigenvalue weighted by Gasteiger charge is 2.31. The molecule has 4 heteroatoms. The number of nitrogens with two attached hydrogens (primary N) is 1. The van der Waals surface area contributed by atoms with E-state index in [0.717, 1.165) is 24.2 Å². The Morgan fingerprint density at radius 1 is 1.50 bits per heavy atom. The van der Waals surface area contributed by atoms with Crippen molar-refractivity contribution in [3.05, 3.63) is 28.8 Å². The van der Waals surface area contributed by atoms with Crippen LogP contribution in [0.3, 0.4) is 0 Å². The van der Waals surface area contributed by atoms with Gasteiger partial charge in [0.25, 0.3) is 0 Å². The average Bonchev–Trinajstić information content (AvgIpc) is 2.66. The highest BCUT2D eigenvalue weighted by molar-refractivity contribution is 6.30. The van der Waals surface area contributed by atoms with Crippen LogP contribution in [0.15, 0.2) is 18.2 Å². The lowest BCUT2D eigenvalue weighted by Gasteiger charge is -2.20. The van der Waals surface area contributed by atoms with Crippen molar-refractivity contribution in [2.45, 2.75) is 44.9 Å². The van der Waals surface area contributed by atoms with E-state index in [1.54, 1.807) is 0 Å². The minimum atomic E-state index is -0.0287. The Labute approximate surface area is 113 Å². The molecule has 1 aliphatic heterocycles. The van der Waals surface area contributed by atoms with Crippen LogP contribution in [0.4, 0.5) is 0 Å². The Kier molecular flexibility index (Phi) is 4.15. The van der Waals surface area contributed by atoms with E-state index in [0.29, 0.717) is 18.2 Å². The standard InChI is InChI=1S/C14H20ClNO2/c1-14(2)6-5-12(18-14)9-17-13-7-11(15)4-3-10(13)8-16/h3-4,7,12H,5-6,8-9,16H2,1-2H3. The zero-order valence-corrected chi connectivity index (χ0v) is 11.7. The van der Waals surface area contributed by atoms with Gasteiger partial charge in [-0.05, 0) is 38.8 Å². The fraction of sp³-hybridized carbons (Fsp3) is 0.571. The molecular weight excluding hydrogens is 250 g/mol. The SMILES string of the molecule is CC1(C)CCC(COc2cc(Cl)ccc2CN)O1. The van der Waals surface area contributed by atoms with Crippen molar-refractivity contribution in [2.24, 2.45) is 5.73 Å². The van der Waals surface area contributed by atoms with Crippen LogP contribution in [0.5, 0.6) is 5.75 Å². The zero-order valence-electron chi connectivity index (χ0n) is 10.9. The molecule has 18 heavy (non-hydrogen) atoms. The lowest BCUT2D eigenvalue weighted by molar-refractivity contribution is -0.0327. The summed E-state index contributed by atoms with van der Waals surface area (Å²) in [5.74, 6) is 0.762. The summed E-state index contributed by atoms with van der Waals surface area (Å²) >= 11 is 5.96. The van der Waals surface area contributed by atoms with Crippen LogP contribution in [0, 0.1) is 0 Å². The molecule has 0 spiro atoms. The average molecular weight is 270 g/mol. The highest BCUT2D eigenvalue weighted by atomic mass is 35.5. The summed E-state index contributed by atoms with van der Waals surface area (Å²) in [4.78, 5) is 0. The molecule has 0 radical (unpaired) electrons. The first-order valence-corrected chi connectivity index (χ1v) is 6.67. The first-order valence-electron chi connectivity index (χ1n) is 6.29. The summed E-state index contributed by atoms with van der Waals surface area (Å²) in [5, 5.41) is 0.662. The number of halogens is 1. The van der Waals surface area contributed by atoms with E-state index in [9.17, 15) is 0 Å². The first-order chi connectivity index (χ1) is 8.50. The third-order valence-corrected chi connectivity index (χ3v) is 3.46. The summed E-state index contributed by atoms with van der Waals surface area (Å²) < 4.78 is 11.7. The van der Waals surface area contributed by atoms with Crippen molar-refractivity contribution in [1.29, 1.82) is 0 Å². The maximum absolute atomic E-state index is 5.96. The third-order valence-electron chi connectivity index (χ3n) is 3.23. The second kappa shape index (κ2) is 5.47. The van der Waals surface area contributed by atoms with Gasteiger partial charge >= 0.3 is 0 Å². The van der Waals surface area contributed by atoms with Crippen LogP contribution in [0.1, 0.15) is 32.3 Å². The molecule has 1 aromatic carbocycles. The van der Waals surface area contributed by atoms with E-state index in [-0.39, 0.29) is 11.7 Å². The first kappa shape index (κ1) is 13.7. The molecule has 2 N–H and O–H groups in total. The molecule has 0 bridgehead atoms. The van der Waals surface area contributed by atoms with Crippen LogP contribution in [0.2, 0.25) is 5.02 Å². The Bertz CT molecular complexity index is 420. The normalized spacial score (nSPS) is 22.1. The zero-order chi connectivity index (χ0) is 13.2. The highest BCUT2D eigenvalue weighted by Crippen LogP contribution is 2.30. The number of rotatable bonds is 4. The monoisotopic (exact) mass is 269 g/mol. The molecule has 100 valence electrons. The van der Waals surface area contributed by atoms with E-state index >= 15 is 0 Å². The summed E-state index contributed by atoms with van der Waals surface area (Å²) in [7, 11) is 0. The molecule has 0 aromatic heterocycles. The minimum absolute atomic E-state index is 0.0287. The van der Waals surface area contributed by atoms with Gasteiger partial charge in [0.1, 0.15) is 12.4 Å². The van der Waals surface area contributed by atoms with Crippen molar-refractivity contribution < 1.29 is 9.47 Å². The summed E-state index contributed by atoms with van der Waals surface area (Å²) in [5.41, 5.74) is 6.61. The Hall–Kier alpha value is -0.770. The van der Waals surface area contributed by atoms with Crippen LogP contribution in [0.25, 0.3) is 0 Å². The van der Waals surface area contributed by atoms with E-state index in [1.165, 1.54) is 0 Å². The van der Waals surface area contributed by atoms with Crippen molar-refractivity contribution in [3.8, 4) is 5.75 Å². The van der Waals surface area contributed by atoms with Gasteiger partial charge in [-0.25, -0.2) is 0 Å². The molecule has 1 saturated heterocycles. The Morgan fingerprint density at radius 3 is 2.89 bits per heavy atom. The maximum Gasteiger partial charge on any atom is 0.125 e. The Morgan fingerprint density at radius 2 is 2.28 bits per heavy atom. The number of hydrogen-bond donors (Lipinski definition) is 1. The molecule has 1 aliphatic rings. The molecule has 0 saturated carbocycles. The van der Waals surface area contributed by atoms with E-state index < -0.39 is 0 Å². The van der Waals surface area contributed by atoms with Gasteiger partial charge in [-0.2, -0.15) is 0 Å². The van der Waals surface area contributed by atoms with Crippen molar-refractivity contribution >= 4 is 11.6 Å². The fourth-order valence-electron chi connectivity index (χ4n) is 2.21. The van der Waals surface area contributed by atoms with Gasteiger partial charge in [0.15, 0.2) is 0 Å². The van der Waals surface area contributed by atoms with Crippen LogP contribution in [-0.2, 0) is 11.3 Å². The predicted octanol–water partition coefficient (Wildman–Crippen LogP) is 3.14. The molecule has 0 amide bonds. The quantitative estimate of drug-likeness (QED) is 0.913. The smallest absolute Gasteiger partial charge is 0.125 e. The predicted molar refractivity (Wildman–Crippen MR) is 73.0 cm³/mol. The van der Waals surface area contributed by atoms with E-state index in [2.05, 4.69) is 13.8 Å². The van der Waals surface area contributed by atoms with E-state index in [4.69, 9.17) is 26.8 Å². The van der Waals surface area contributed by atoms with Gasteiger partial charge in [-0.1, -0.05) is 17.7 Å². The van der Waals surface area contributed by atoms with Gasteiger partial charge in [0.05, 0.1) is 11.7 Å². The van der Waals surface area contributed by atoms with Gasteiger partial charge in [-0.15, -0.1) is 0 Å². The van der Waals surface area contributed by atoms with Crippen LogP contribution < -0.4 is 10.5 Å². The number of benzene rings is 1. The minimum Gasteiger partial charge on any atom is -0.490 e.